The van der Waals surface area contributed by atoms with Gasteiger partial charge in [0.2, 0.25) is 11.8 Å². The highest BCUT2D eigenvalue weighted by Crippen LogP contribution is 2.26. The topological polar surface area (TPSA) is 67.2 Å². The van der Waals surface area contributed by atoms with Crippen molar-refractivity contribution in [3.8, 4) is 0 Å². The molecule has 1 fully saturated rings. The highest BCUT2D eigenvalue weighted by atomic mass is 32.2. The number of carbonyl (C=O) groups excluding carboxylic acids is 2. The maximum atomic E-state index is 13.8. The number of hydrogen-bond acceptors (Lipinski definition) is 4. The lowest BCUT2D eigenvalue weighted by Gasteiger charge is -2.35. The summed E-state index contributed by atoms with van der Waals surface area (Å²) < 4.78 is 15.7. The molecule has 2 heterocycles. The minimum Gasteiger partial charge on any atom is -0.341 e. The quantitative estimate of drug-likeness (QED) is 0.560. The molecule has 0 spiro atoms. The summed E-state index contributed by atoms with van der Waals surface area (Å²) in [5.41, 5.74) is 1.78. The molecule has 0 saturated carbocycles. The van der Waals surface area contributed by atoms with Crippen LogP contribution in [0.2, 0.25) is 0 Å². The Bertz CT molecular complexity index is 1120. The Hall–Kier alpha value is -2.87. The number of likely N-dealkylation sites (tertiary alicyclic amines) is 1. The van der Waals surface area contributed by atoms with E-state index in [1.807, 2.05) is 33.7 Å². The number of amides is 2. The first kappa shape index (κ1) is 22.3. The van der Waals surface area contributed by atoms with E-state index < -0.39 is 5.82 Å². The predicted octanol–water partition coefficient (Wildman–Crippen LogP) is 4.41. The maximum Gasteiger partial charge on any atom is 0.242 e. The van der Waals surface area contributed by atoms with Crippen LogP contribution in [0.3, 0.4) is 0 Å². The summed E-state index contributed by atoms with van der Waals surface area (Å²) in [6, 6.07) is 13.7. The van der Waals surface area contributed by atoms with Crippen LogP contribution in [0, 0.1) is 17.7 Å². The van der Waals surface area contributed by atoms with Crippen LogP contribution < -0.4 is 5.32 Å². The molecule has 0 bridgehead atoms. The van der Waals surface area contributed by atoms with Gasteiger partial charge >= 0.3 is 0 Å². The highest BCUT2D eigenvalue weighted by Gasteiger charge is 2.26. The third-order valence-corrected chi connectivity index (χ3v) is 6.59. The number of benzene rings is 2. The van der Waals surface area contributed by atoms with Crippen LogP contribution in [0.5, 0.6) is 0 Å². The fraction of sp³-hybridized carbons (Fsp3) is 0.375. The van der Waals surface area contributed by atoms with Gasteiger partial charge in [-0.1, -0.05) is 49.9 Å². The molecular weight excluding hydrogens is 427 g/mol. The molecule has 1 aromatic heterocycles. The molecule has 2 aromatic carbocycles. The van der Waals surface area contributed by atoms with Gasteiger partial charge in [0.05, 0.1) is 22.5 Å². The van der Waals surface area contributed by atoms with Crippen molar-refractivity contribution < 1.29 is 14.0 Å². The van der Waals surface area contributed by atoms with Gasteiger partial charge in [-0.3, -0.25) is 9.59 Å². The molecule has 2 unspecified atom stereocenters. The third-order valence-electron chi connectivity index (χ3n) is 5.61. The molecule has 8 heteroatoms. The molecule has 2 atom stereocenters. The number of thioether (sulfide) groups is 1. The molecule has 32 heavy (non-hydrogen) atoms. The zero-order valence-corrected chi connectivity index (χ0v) is 19.1. The smallest absolute Gasteiger partial charge is 0.242 e. The summed E-state index contributed by atoms with van der Waals surface area (Å²) in [5, 5.41) is 3.19. The molecule has 1 saturated heterocycles. The lowest BCUT2D eigenvalue weighted by atomic mass is 9.92. The molecular formula is C24H27FN4O2S. The van der Waals surface area contributed by atoms with Gasteiger partial charge < -0.3 is 14.8 Å². The largest absolute Gasteiger partial charge is 0.341 e. The first-order valence-electron chi connectivity index (χ1n) is 10.8. The number of hydrogen-bond donors (Lipinski definition) is 1. The minimum absolute atomic E-state index is 0.0592. The molecule has 6 nitrogen and oxygen atoms in total. The standard InChI is InChI=1S/C24H27FN4O2S/c1-16-11-17(2)13-28(12-16)23(31)14-29-21-10-6-5-9-20(21)27-24(29)32-15-22(30)26-19-8-4-3-7-18(19)25/h3-10,16-17H,11-15H2,1-2H3,(H,26,30). The molecule has 1 N–H and O–H groups in total. The van der Waals surface area contributed by atoms with Gasteiger partial charge in [-0.2, -0.15) is 0 Å². The highest BCUT2D eigenvalue weighted by molar-refractivity contribution is 7.99. The van der Waals surface area contributed by atoms with E-state index in [2.05, 4.69) is 24.1 Å². The molecule has 1 aliphatic heterocycles. The lowest BCUT2D eigenvalue weighted by molar-refractivity contribution is -0.134. The van der Waals surface area contributed by atoms with Crippen LogP contribution in [0.1, 0.15) is 20.3 Å². The van der Waals surface area contributed by atoms with Gasteiger partial charge in [-0.15, -0.1) is 0 Å². The van der Waals surface area contributed by atoms with Gasteiger partial charge in [0.15, 0.2) is 5.16 Å². The summed E-state index contributed by atoms with van der Waals surface area (Å²) in [6.07, 6.45) is 1.13. The molecule has 1 aliphatic rings. The number of para-hydroxylation sites is 3. The number of imidazole rings is 1. The van der Waals surface area contributed by atoms with Crippen molar-refractivity contribution in [2.45, 2.75) is 32.0 Å². The molecule has 168 valence electrons. The fourth-order valence-corrected chi connectivity index (χ4v) is 5.11. The number of piperidine rings is 1. The normalized spacial score (nSPS) is 18.7. The van der Waals surface area contributed by atoms with E-state index in [0.717, 1.165) is 30.5 Å². The van der Waals surface area contributed by atoms with E-state index in [4.69, 9.17) is 0 Å². The maximum absolute atomic E-state index is 13.8. The first-order valence-corrected chi connectivity index (χ1v) is 11.8. The van der Waals surface area contributed by atoms with Gasteiger partial charge in [0.25, 0.3) is 0 Å². The SMILES string of the molecule is CC1CC(C)CN(C(=O)Cn2c(SCC(=O)Nc3ccccc3F)nc3ccccc32)C1. The van der Waals surface area contributed by atoms with E-state index in [1.165, 1.54) is 23.9 Å². The molecule has 4 rings (SSSR count). The summed E-state index contributed by atoms with van der Waals surface area (Å²) in [5.74, 6) is 0.279. The predicted molar refractivity (Wildman–Crippen MR) is 125 cm³/mol. The Kier molecular flexibility index (Phi) is 6.79. The van der Waals surface area contributed by atoms with Gasteiger partial charge in [-0.25, -0.2) is 9.37 Å². The number of nitrogens with one attached hydrogen (secondary N) is 1. The number of fused-ring (bicyclic) bond motifs is 1. The molecule has 2 amide bonds. The van der Waals surface area contributed by atoms with Gasteiger partial charge in [-0.05, 0) is 42.5 Å². The Morgan fingerprint density at radius 3 is 2.53 bits per heavy atom. The first-order chi connectivity index (χ1) is 15.4. The van der Waals surface area contributed by atoms with Crippen molar-refractivity contribution in [2.75, 3.05) is 24.2 Å². The zero-order chi connectivity index (χ0) is 22.7. The van der Waals surface area contributed by atoms with Gasteiger partial charge in [0.1, 0.15) is 12.4 Å². The molecule has 0 radical (unpaired) electrons. The monoisotopic (exact) mass is 454 g/mol. The fourth-order valence-electron chi connectivity index (χ4n) is 4.30. The second kappa shape index (κ2) is 9.73. The number of halogens is 1. The Balaban J connectivity index is 1.49. The van der Waals surface area contributed by atoms with Crippen LogP contribution in [-0.4, -0.2) is 45.1 Å². The minimum atomic E-state index is -0.478. The molecule has 0 aliphatic carbocycles. The summed E-state index contributed by atoms with van der Waals surface area (Å²) >= 11 is 1.24. The van der Waals surface area contributed by atoms with Crippen molar-refractivity contribution in [1.29, 1.82) is 0 Å². The summed E-state index contributed by atoms with van der Waals surface area (Å²) in [6.45, 7) is 6.07. The van der Waals surface area contributed by atoms with Crippen molar-refractivity contribution in [3.05, 3.63) is 54.3 Å². The average Bonchev–Trinajstić information content (AvgIpc) is 3.10. The van der Waals surface area contributed by atoms with Crippen molar-refractivity contribution >= 4 is 40.3 Å². The zero-order valence-electron chi connectivity index (χ0n) is 18.3. The summed E-state index contributed by atoms with van der Waals surface area (Å²) in [7, 11) is 0. The van der Waals surface area contributed by atoms with E-state index in [1.54, 1.807) is 12.1 Å². The number of nitrogens with zero attached hydrogens (tertiary/aromatic N) is 3. The lowest BCUT2D eigenvalue weighted by Crippen LogP contribution is -2.44. The number of carbonyl (C=O) groups is 2. The van der Waals surface area contributed by atoms with Crippen molar-refractivity contribution in [3.63, 3.8) is 0 Å². The van der Waals surface area contributed by atoms with E-state index >= 15 is 0 Å². The van der Waals surface area contributed by atoms with Crippen LogP contribution in [-0.2, 0) is 16.1 Å². The number of aromatic nitrogens is 2. The van der Waals surface area contributed by atoms with E-state index in [0.29, 0.717) is 17.0 Å². The molecule has 3 aromatic rings. The summed E-state index contributed by atoms with van der Waals surface area (Å²) in [4.78, 5) is 32.1. The Morgan fingerprint density at radius 2 is 1.78 bits per heavy atom. The second-order valence-electron chi connectivity index (χ2n) is 8.53. The Labute approximate surface area is 191 Å². The van der Waals surface area contributed by atoms with Crippen LogP contribution >= 0.6 is 11.8 Å². The Morgan fingerprint density at radius 1 is 1.09 bits per heavy atom. The van der Waals surface area contributed by atoms with Crippen LogP contribution in [0.25, 0.3) is 11.0 Å². The second-order valence-corrected chi connectivity index (χ2v) is 9.47. The van der Waals surface area contributed by atoms with Crippen LogP contribution in [0.15, 0.2) is 53.7 Å². The average molecular weight is 455 g/mol. The van der Waals surface area contributed by atoms with E-state index in [-0.39, 0.29) is 29.8 Å². The number of anilines is 1. The van der Waals surface area contributed by atoms with Gasteiger partial charge in [0, 0.05) is 13.1 Å². The van der Waals surface area contributed by atoms with Crippen LogP contribution in [0.4, 0.5) is 10.1 Å². The third kappa shape index (κ3) is 5.12. The van der Waals surface area contributed by atoms with E-state index in [9.17, 15) is 14.0 Å². The number of rotatable bonds is 6. The van der Waals surface area contributed by atoms with Crippen molar-refractivity contribution in [1.82, 2.24) is 14.5 Å². The van der Waals surface area contributed by atoms with Crippen molar-refractivity contribution in [2.24, 2.45) is 11.8 Å².